The third-order valence-electron chi connectivity index (χ3n) is 6.98. The predicted octanol–water partition coefficient (Wildman–Crippen LogP) is 5.72. The van der Waals surface area contributed by atoms with E-state index in [2.05, 4.69) is 9.88 Å². The van der Waals surface area contributed by atoms with Gasteiger partial charge in [0.25, 0.3) is 0 Å². The maximum absolute atomic E-state index is 11.7. The highest BCUT2D eigenvalue weighted by molar-refractivity contribution is 6.30. The second-order valence-corrected chi connectivity index (χ2v) is 10.2. The number of carbonyl (C=O) groups is 1. The van der Waals surface area contributed by atoms with E-state index in [1.807, 2.05) is 54.6 Å². The van der Waals surface area contributed by atoms with Crippen LogP contribution in [0.25, 0.3) is 22.2 Å². The number of aromatic nitrogens is 1. The molecule has 0 aliphatic carbocycles. The maximum Gasteiger partial charge on any atom is 0.336 e. The molecule has 5 rings (SSSR count). The number of aromatic amines is 1. The van der Waals surface area contributed by atoms with E-state index >= 15 is 0 Å². The number of likely N-dealkylation sites (tertiary alicyclic amines) is 1. The summed E-state index contributed by atoms with van der Waals surface area (Å²) in [6.07, 6.45) is 1.41. The molecule has 198 valence electrons. The number of ether oxygens (including phenoxy) is 2. The average molecular weight is 535 g/mol. The summed E-state index contributed by atoms with van der Waals surface area (Å²) >= 11 is 5.93. The number of β-amino-alcohol motifs (C(OH)–C–C–N with tert-alkyl or cyclic N) is 1. The van der Waals surface area contributed by atoms with E-state index in [1.54, 1.807) is 18.2 Å². The second kappa shape index (κ2) is 11.9. The third-order valence-corrected chi connectivity index (χ3v) is 7.23. The Balaban J connectivity index is 1.13. The molecule has 1 aromatic heterocycles. The summed E-state index contributed by atoms with van der Waals surface area (Å²) in [6, 6.07) is 21.9. The Hall–Kier alpha value is -3.52. The van der Waals surface area contributed by atoms with Crippen LogP contribution < -0.4 is 9.47 Å². The van der Waals surface area contributed by atoms with E-state index in [9.17, 15) is 15.0 Å². The molecule has 4 aromatic rings. The fraction of sp³-hybridized carbons (Fsp3) is 0.300. The highest BCUT2D eigenvalue weighted by Gasteiger charge is 2.22. The fourth-order valence-corrected chi connectivity index (χ4v) is 5.05. The molecular formula is C30H31ClN2O5. The van der Waals surface area contributed by atoms with Gasteiger partial charge in [-0.1, -0.05) is 35.9 Å². The van der Waals surface area contributed by atoms with Crippen molar-refractivity contribution in [2.75, 3.05) is 32.8 Å². The molecule has 1 saturated heterocycles. The van der Waals surface area contributed by atoms with Crippen LogP contribution in [0.4, 0.5) is 0 Å². The Kier molecular flexibility index (Phi) is 8.17. The van der Waals surface area contributed by atoms with Crippen molar-refractivity contribution in [2.45, 2.75) is 18.9 Å². The molecule has 1 fully saturated rings. The summed E-state index contributed by atoms with van der Waals surface area (Å²) in [5.41, 5.74) is 2.40. The molecule has 0 spiro atoms. The zero-order valence-electron chi connectivity index (χ0n) is 21.0. The summed E-state index contributed by atoms with van der Waals surface area (Å²) in [7, 11) is 0. The molecule has 8 heteroatoms. The normalized spacial score (nSPS) is 15.4. The molecule has 0 bridgehead atoms. The standard InChI is InChI=1S/C30H31ClN2O5/c31-21-8-10-23(11-9-21)37-18-20-12-14-33(15-13-20)17-22(34)19-38-29-7-3-6-27-26(29)16-28(32-27)24-4-1-2-5-25(24)30(35)36/h1-11,16,20,22,32,34H,12-15,17-19H2,(H,35,36). The van der Waals surface area contributed by atoms with Gasteiger partial charge in [-0.2, -0.15) is 0 Å². The number of halogens is 1. The number of hydrogen-bond acceptors (Lipinski definition) is 5. The van der Waals surface area contributed by atoms with Gasteiger partial charge in [0.1, 0.15) is 24.2 Å². The van der Waals surface area contributed by atoms with Gasteiger partial charge in [-0.15, -0.1) is 0 Å². The Labute approximate surface area is 226 Å². The van der Waals surface area contributed by atoms with Crippen LogP contribution >= 0.6 is 11.6 Å². The van der Waals surface area contributed by atoms with Crippen LogP contribution in [0.15, 0.2) is 72.8 Å². The Morgan fingerprint density at radius 2 is 1.79 bits per heavy atom. The lowest BCUT2D eigenvalue weighted by atomic mass is 9.97. The van der Waals surface area contributed by atoms with Crippen LogP contribution in [-0.4, -0.2) is 65.0 Å². The second-order valence-electron chi connectivity index (χ2n) is 9.72. The number of fused-ring (bicyclic) bond motifs is 1. The van der Waals surface area contributed by atoms with Crippen molar-refractivity contribution in [3.63, 3.8) is 0 Å². The van der Waals surface area contributed by atoms with E-state index in [0.29, 0.717) is 41.1 Å². The minimum absolute atomic E-state index is 0.172. The topological polar surface area (TPSA) is 95.0 Å². The van der Waals surface area contributed by atoms with Crippen molar-refractivity contribution in [3.05, 3.63) is 83.4 Å². The van der Waals surface area contributed by atoms with Gasteiger partial charge in [-0.05, 0) is 80.4 Å². The summed E-state index contributed by atoms with van der Waals surface area (Å²) < 4.78 is 11.9. The quantitative estimate of drug-likeness (QED) is 0.241. The summed E-state index contributed by atoms with van der Waals surface area (Å²) in [4.78, 5) is 17.2. The van der Waals surface area contributed by atoms with Crippen LogP contribution in [0.1, 0.15) is 23.2 Å². The first-order valence-electron chi connectivity index (χ1n) is 12.8. The number of carboxylic acids is 1. The molecule has 38 heavy (non-hydrogen) atoms. The molecular weight excluding hydrogens is 504 g/mol. The number of hydrogen-bond donors (Lipinski definition) is 3. The molecule has 1 aliphatic rings. The Morgan fingerprint density at radius 3 is 2.55 bits per heavy atom. The van der Waals surface area contributed by atoms with Gasteiger partial charge in [0, 0.05) is 33.7 Å². The van der Waals surface area contributed by atoms with Crippen LogP contribution in [-0.2, 0) is 0 Å². The number of aliphatic hydroxyl groups excluding tert-OH is 1. The molecule has 7 nitrogen and oxygen atoms in total. The lowest BCUT2D eigenvalue weighted by Crippen LogP contribution is -2.41. The number of benzene rings is 3. The zero-order valence-corrected chi connectivity index (χ0v) is 21.7. The van der Waals surface area contributed by atoms with Crippen LogP contribution in [0, 0.1) is 5.92 Å². The predicted molar refractivity (Wildman–Crippen MR) is 148 cm³/mol. The SMILES string of the molecule is O=C(O)c1ccccc1-c1cc2c(OCC(O)CN3CCC(COc4ccc(Cl)cc4)CC3)cccc2[nH]1. The summed E-state index contributed by atoms with van der Waals surface area (Å²) in [6.45, 7) is 3.22. The first-order chi connectivity index (χ1) is 18.5. The van der Waals surface area contributed by atoms with Gasteiger partial charge in [0.2, 0.25) is 0 Å². The largest absolute Gasteiger partial charge is 0.493 e. The van der Waals surface area contributed by atoms with E-state index in [-0.39, 0.29) is 12.2 Å². The van der Waals surface area contributed by atoms with E-state index < -0.39 is 12.1 Å². The van der Waals surface area contributed by atoms with Gasteiger partial charge in [0.15, 0.2) is 0 Å². The van der Waals surface area contributed by atoms with E-state index in [1.165, 1.54) is 0 Å². The molecule has 1 unspecified atom stereocenters. The summed E-state index contributed by atoms with van der Waals surface area (Å²) in [5.74, 6) is 0.994. The lowest BCUT2D eigenvalue weighted by Gasteiger charge is -2.33. The van der Waals surface area contributed by atoms with Gasteiger partial charge < -0.3 is 29.6 Å². The fourth-order valence-electron chi connectivity index (χ4n) is 4.92. The van der Waals surface area contributed by atoms with Crippen LogP contribution in [0.5, 0.6) is 11.5 Å². The molecule has 1 aliphatic heterocycles. The molecule has 2 heterocycles. The number of aromatic carboxylic acids is 1. The van der Waals surface area contributed by atoms with Crippen LogP contribution in [0.3, 0.4) is 0 Å². The highest BCUT2D eigenvalue weighted by Crippen LogP contribution is 2.32. The van der Waals surface area contributed by atoms with Crippen molar-refractivity contribution in [1.29, 1.82) is 0 Å². The van der Waals surface area contributed by atoms with Crippen molar-refractivity contribution >= 4 is 28.5 Å². The minimum Gasteiger partial charge on any atom is -0.493 e. The molecule has 0 saturated carbocycles. The minimum atomic E-state index is -0.975. The van der Waals surface area contributed by atoms with Gasteiger partial charge in [-0.25, -0.2) is 4.79 Å². The van der Waals surface area contributed by atoms with Crippen molar-refractivity contribution in [1.82, 2.24) is 9.88 Å². The first kappa shape index (κ1) is 26.1. The number of piperidine rings is 1. The van der Waals surface area contributed by atoms with E-state index in [4.69, 9.17) is 21.1 Å². The van der Waals surface area contributed by atoms with Gasteiger partial charge >= 0.3 is 5.97 Å². The Bertz CT molecular complexity index is 1380. The lowest BCUT2D eigenvalue weighted by molar-refractivity contribution is 0.0507. The van der Waals surface area contributed by atoms with Gasteiger partial charge in [-0.3, -0.25) is 0 Å². The third kappa shape index (κ3) is 6.30. The molecule has 1 atom stereocenters. The molecule has 0 amide bonds. The number of rotatable bonds is 10. The Morgan fingerprint density at radius 1 is 1.03 bits per heavy atom. The van der Waals surface area contributed by atoms with Gasteiger partial charge in [0.05, 0.1) is 12.2 Å². The smallest absolute Gasteiger partial charge is 0.336 e. The highest BCUT2D eigenvalue weighted by atomic mass is 35.5. The molecule has 0 radical (unpaired) electrons. The number of nitrogens with zero attached hydrogens (tertiary/aromatic N) is 1. The van der Waals surface area contributed by atoms with E-state index in [0.717, 1.165) is 42.6 Å². The first-order valence-corrected chi connectivity index (χ1v) is 13.2. The number of H-pyrrole nitrogens is 1. The molecule has 3 N–H and O–H groups in total. The number of aliphatic hydroxyl groups is 1. The monoisotopic (exact) mass is 534 g/mol. The molecule has 3 aromatic carbocycles. The average Bonchev–Trinajstić information content (AvgIpc) is 3.37. The summed E-state index contributed by atoms with van der Waals surface area (Å²) in [5, 5.41) is 21.8. The zero-order chi connectivity index (χ0) is 26.5. The maximum atomic E-state index is 11.7. The van der Waals surface area contributed by atoms with Crippen molar-refractivity contribution in [3.8, 4) is 22.8 Å². The number of nitrogens with one attached hydrogen (secondary N) is 1. The number of carboxylic acid groups (broad SMARTS) is 1. The van der Waals surface area contributed by atoms with Crippen LogP contribution in [0.2, 0.25) is 5.02 Å². The van der Waals surface area contributed by atoms with Crippen molar-refractivity contribution < 1.29 is 24.5 Å². The van der Waals surface area contributed by atoms with Crippen molar-refractivity contribution in [2.24, 2.45) is 5.92 Å².